The van der Waals surface area contributed by atoms with E-state index in [0.29, 0.717) is 11.8 Å². The molecule has 2 N–H and O–H groups in total. The van der Waals surface area contributed by atoms with Crippen molar-refractivity contribution in [2.75, 3.05) is 0 Å². The molecule has 0 fully saturated rings. The monoisotopic (exact) mass is 478 g/mol. The quantitative estimate of drug-likeness (QED) is 0.545. The van der Waals surface area contributed by atoms with E-state index in [-0.39, 0.29) is 4.90 Å². The maximum absolute atomic E-state index is 11.6. The molecule has 3 aromatic rings. The molecule has 0 unspecified atom stereocenters. The van der Waals surface area contributed by atoms with Gasteiger partial charge in [0.2, 0.25) is 15.7 Å². The van der Waals surface area contributed by atoms with Crippen LogP contribution in [0.3, 0.4) is 0 Å². The van der Waals surface area contributed by atoms with Gasteiger partial charge in [-0.05, 0) is 23.3 Å². The highest BCUT2D eigenvalue weighted by molar-refractivity contribution is 7.89. The second-order valence-electron chi connectivity index (χ2n) is 7.83. The minimum absolute atomic E-state index is 0.120. The summed E-state index contributed by atoms with van der Waals surface area (Å²) in [6, 6.07) is 21.6. The number of primary sulfonamides is 1. The van der Waals surface area contributed by atoms with Crippen LogP contribution in [-0.2, 0) is 10.0 Å². The number of rotatable bonds is 5. The van der Waals surface area contributed by atoms with Crippen molar-refractivity contribution in [3.05, 3.63) is 78.1 Å². The summed E-state index contributed by atoms with van der Waals surface area (Å²) in [6.07, 6.45) is 0. The number of sulfonamides is 1. The second kappa shape index (κ2) is 11.0. The summed E-state index contributed by atoms with van der Waals surface area (Å²) in [4.78, 5) is 0.120. The van der Waals surface area contributed by atoms with Gasteiger partial charge in [-0.2, -0.15) is 4.57 Å². The summed E-state index contributed by atoms with van der Waals surface area (Å²) in [5, 5.41) is 5.25. The molecular weight excluding hydrogens is 452 g/mol. The van der Waals surface area contributed by atoms with E-state index in [1.807, 2.05) is 30.3 Å². The van der Waals surface area contributed by atoms with Crippen LogP contribution in [0.5, 0.6) is 0 Å². The molecule has 0 radical (unpaired) electrons. The molecule has 0 saturated carbocycles. The summed E-state index contributed by atoms with van der Waals surface area (Å²) in [7, 11) is -6.56. The number of pyridine rings is 1. The maximum atomic E-state index is 11.6. The fraction of sp³-hybridized carbons (Fsp3) is 0.261. The predicted octanol–water partition coefficient (Wildman–Crippen LogP) is 0.958. The molecule has 1 heterocycles. The number of halogens is 1. The van der Waals surface area contributed by atoms with Gasteiger partial charge >= 0.3 is 0 Å². The first-order valence-electron chi connectivity index (χ1n) is 9.93. The Bertz CT molecular complexity index is 1100. The minimum Gasteiger partial charge on any atom is -0.357 e. The molecule has 0 saturated heterocycles. The van der Waals surface area contributed by atoms with Gasteiger partial charge in [-0.15, -0.1) is 0 Å². The van der Waals surface area contributed by atoms with Gasteiger partial charge < -0.3 is 14.0 Å². The standard InChI is InChI=1S/C23H27N2O2S.ClO3/c1-16(2)22-14-19(18-8-6-5-7-9-18)15-23(17(3)4)25(22)20-10-12-21(13-11-20)28(24,26)27;2-1(3)4/h5-17H,1-4H3,(H2,24,26,27);/q+1;-1. The Morgan fingerprint density at radius 3 is 1.59 bits per heavy atom. The Balaban J connectivity index is 0.000000837. The Labute approximate surface area is 192 Å². The molecule has 32 heavy (non-hydrogen) atoms. The Morgan fingerprint density at radius 1 is 0.781 bits per heavy atom. The van der Waals surface area contributed by atoms with Crippen LogP contribution in [0.15, 0.2) is 71.6 Å². The summed E-state index contributed by atoms with van der Waals surface area (Å²) in [5.41, 5.74) is 5.65. The van der Waals surface area contributed by atoms with Crippen LogP contribution in [-0.4, -0.2) is 8.42 Å². The number of nitrogens with zero attached hydrogens (tertiary/aromatic N) is 1. The van der Waals surface area contributed by atoms with Gasteiger partial charge in [-0.1, -0.05) is 58.0 Å². The van der Waals surface area contributed by atoms with Gasteiger partial charge in [0.25, 0.3) is 0 Å². The van der Waals surface area contributed by atoms with E-state index in [1.54, 1.807) is 12.1 Å². The van der Waals surface area contributed by atoms with E-state index in [4.69, 9.17) is 19.1 Å². The number of hydrogen-bond donors (Lipinski definition) is 1. The number of hydrogen-bond acceptors (Lipinski definition) is 5. The van der Waals surface area contributed by atoms with Crippen molar-refractivity contribution in [1.29, 1.82) is 0 Å². The van der Waals surface area contributed by atoms with Gasteiger partial charge in [0.1, 0.15) is 0 Å². The molecule has 3 rings (SSSR count). The summed E-state index contributed by atoms with van der Waals surface area (Å²) in [6.45, 7) is 8.68. The molecule has 0 amide bonds. The highest BCUT2D eigenvalue weighted by Gasteiger charge is 2.26. The fourth-order valence-electron chi connectivity index (χ4n) is 3.37. The molecule has 9 heteroatoms. The van der Waals surface area contributed by atoms with Crippen molar-refractivity contribution in [3.63, 3.8) is 0 Å². The smallest absolute Gasteiger partial charge is 0.238 e. The Kier molecular flexibility index (Phi) is 8.91. The highest BCUT2D eigenvalue weighted by atomic mass is 35.6. The van der Waals surface area contributed by atoms with Gasteiger partial charge in [-0.3, -0.25) is 0 Å². The van der Waals surface area contributed by atoms with E-state index in [2.05, 4.69) is 56.5 Å². The van der Waals surface area contributed by atoms with Crippen LogP contribution in [0.4, 0.5) is 0 Å². The zero-order valence-electron chi connectivity index (χ0n) is 18.4. The van der Waals surface area contributed by atoms with Crippen molar-refractivity contribution in [2.24, 2.45) is 5.14 Å². The average molecular weight is 479 g/mol. The van der Waals surface area contributed by atoms with Crippen LogP contribution in [0.2, 0.25) is 0 Å². The first-order valence-corrected chi connectivity index (χ1v) is 12.4. The molecule has 7 nitrogen and oxygen atoms in total. The van der Waals surface area contributed by atoms with Crippen molar-refractivity contribution in [2.45, 2.75) is 44.4 Å². The third-order valence-corrected chi connectivity index (χ3v) is 5.77. The van der Waals surface area contributed by atoms with Gasteiger partial charge in [0.15, 0.2) is 11.4 Å². The van der Waals surface area contributed by atoms with Crippen LogP contribution in [0.1, 0.15) is 50.9 Å². The topological polar surface area (TPSA) is 133 Å². The van der Waals surface area contributed by atoms with Crippen LogP contribution >= 0.6 is 0 Å². The number of benzene rings is 2. The molecule has 2 aromatic carbocycles. The zero-order valence-corrected chi connectivity index (χ0v) is 19.9. The lowest BCUT2D eigenvalue weighted by Crippen LogP contribution is -2.42. The van der Waals surface area contributed by atoms with E-state index >= 15 is 0 Å². The molecule has 0 spiro atoms. The third kappa shape index (κ3) is 6.83. The van der Waals surface area contributed by atoms with Crippen molar-refractivity contribution in [3.8, 4) is 16.8 Å². The first-order chi connectivity index (χ1) is 14.9. The normalized spacial score (nSPS) is 11.6. The lowest BCUT2D eigenvalue weighted by Gasteiger charge is -2.15. The van der Waals surface area contributed by atoms with E-state index in [9.17, 15) is 8.42 Å². The van der Waals surface area contributed by atoms with E-state index in [1.165, 1.54) is 22.5 Å². The van der Waals surface area contributed by atoms with E-state index < -0.39 is 20.8 Å². The largest absolute Gasteiger partial charge is 0.357 e. The van der Waals surface area contributed by atoms with Crippen molar-refractivity contribution < 1.29 is 37.7 Å². The number of aromatic nitrogens is 1. The predicted molar refractivity (Wildman–Crippen MR) is 113 cm³/mol. The lowest BCUT2D eigenvalue weighted by molar-refractivity contribution is -1.73. The molecule has 0 atom stereocenters. The summed E-state index contributed by atoms with van der Waals surface area (Å²) < 4.78 is 50.7. The summed E-state index contributed by atoms with van der Waals surface area (Å²) >= 11 is 0. The van der Waals surface area contributed by atoms with Crippen molar-refractivity contribution >= 4 is 10.0 Å². The lowest BCUT2D eigenvalue weighted by atomic mass is 9.96. The van der Waals surface area contributed by atoms with Crippen LogP contribution < -0.4 is 23.7 Å². The summed E-state index contributed by atoms with van der Waals surface area (Å²) in [5.74, 6) is 0.582. The van der Waals surface area contributed by atoms with Gasteiger partial charge in [-0.25, -0.2) is 13.6 Å². The fourth-order valence-corrected chi connectivity index (χ4v) is 3.88. The first kappa shape index (κ1) is 25.9. The molecule has 1 aromatic heterocycles. The average Bonchev–Trinajstić information content (AvgIpc) is 2.72. The SMILES string of the molecule is CC(C)c1cc(-c2ccccc2)cc(C(C)C)[n+]1-c1ccc(S(N)(=O)=O)cc1.[O-][Cl+2]([O-])[O-]. The maximum Gasteiger partial charge on any atom is 0.238 e. The van der Waals surface area contributed by atoms with Gasteiger partial charge in [0.05, 0.1) is 15.7 Å². The molecule has 172 valence electrons. The van der Waals surface area contributed by atoms with Gasteiger partial charge in [0, 0.05) is 36.1 Å². The van der Waals surface area contributed by atoms with E-state index in [0.717, 1.165) is 5.69 Å². The molecule has 0 bridgehead atoms. The van der Waals surface area contributed by atoms with Crippen LogP contribution in [0.25, 0.3) is 16.8 Å². The molecule has 0 aliphatic rings. The van der Waals surface area contributed by atoms with Crippen molar-refractivity contribution in [1.82, 2.24) is 0 Å². The van der Waals surface area contributed by atoms with Crippen LogP contribution in [0, 0.1) is 10.8 Å². The third-order valence-electron chi connectivity index (χ3n) is 4.84. The molecule has 0 aliphatic heterocycles. The second-order valence-corrected chi connectivity index (χ2v) is 9.77. The Morgan fingerprint density at radius 2 is 1.22 bits per heavy atom. The Hall–Kier alpha value is -2.33. The highest BCUT2D eigenvalue weighted by Crippen LogP contribution is 2.27. The minimum atomic E-state index is -3.71. The zero-order chi connectivity index (χ0) is 24.1. The molecular formula is C23H27ClN2O5S. The number of nitrogens with two attached hydrogens (primary N) is 1. The molecule has 0 aliphatic carbocycles.